The normalized spacial score (nSPS) is 14.5. The zero-order valence-corrected chi connectivity index (χ0v) is 19.8. The lowest BCUT2D eigenvalue weighted by Crippen LogP contribution is -2.46. The number of fused-ring (bicyclic) bond motifs is 1. The molecule has 1 aliphatic heterocycles. The van der Waals surface area contributed by atoms with Crippen LogP contribution in [0.25, 0.3) is 11.3 Å². The van der Waals surface area contributed by atoms with E-state index < -0.39 is 18.0 Å². The summed E-state index contributed by atoms with van der Waals surface area (Å²) in [7, 11) is 1.54. The highest BCUT2D eigenvalue weighted by Gasteiger charge is 2.36. The van der Waals surface area contributed by atoms with Gasteiger partial charge >= 0.3 is 0 Å². The van der Waals surface area contributed by atoms with Gasteiger partial charge in [-0.15, -0.1) is 0 Å². The maximum absolute atomic E-state index is 13.1. The highest BCUT2D eigenvalue weighted by Crippen LogP contribution is 2.31. The van der Waals surface area contributed by atoms with Crippen LogP contribution in [0.5, 0.6) is 5.75 Å². The molecule has 4 rings (SSSR count). The molecule has 1 aliphatic rings. The smallest absolute Gasteiger partial charge is 0.256 e. The number of carbonyl (C=O) groups is 2. The molecule has 0 spiro atoms. The van der Waals surface area contributed by atoms with Gasteiger partial charge in [0.1, 0.15) is 11.8 Å². The number of hydrogen-bond donors (Lipinski definition) is 2. The third-order valence-electron chi connectivity index (χ3n) is 5.61. The van der Waals surface area contributed by atoms with Crippen molar-refractivity contribution in [3.8, 4) is 17.0 Å². The molecule has 9 nitrogen and oxygen atoms in total. The van der Waals surface area contributed by atoms with E-state index in [1.54, 1.807) is 43.5 Å². The fourth-order valence-electron chi connectivity index (χ4n) is 3.71. The van der Waals surface area contributed by atoms with E-state index in [1.807, 2.05) is 0 Å². The van der Waals surface area contributed by atoms with Crippen LogP contribution in [0.15, 0.2) is 42.7 Å². The molecule has 3 heterocycles. The van der Waals surface area contributed by atoms with E-state index >= 15 is 0 Å². The number of methoxy groups -OCH3 is 1. The van der Waals surface area contributed by atoms with Gasteiger partial charge in [0.2, 0.25) is 11.2 Å². The molecule has 0 saturated carbocycles. The molecule has 2 N–H and O–H groups in total. The quantitative estimate of drug-likeness (QED) is 0.477. The Morgan fingerprint density at radius 2 is 2.06 bits per heavy atom. The Hall–Kier alpha value is -3.27. The summed E-state index contributed by atoms with van der Waals surface area (Å²) in [5.74, 6) is -0.144. The Morgan fingerprint density at radius 1 is 1.26 bits per heavy atom. The van der Waals surface area contributed by atoms with Gasteiger partial charge in [0.15, 0.2) is 0 Å². The van der Waals surface area contributed by atoms with Gasteiger partial charge in [-0.25, -0.2) is 9.97 Å². The van der Waals surface area contributed by atoms with Crippen molar-refractivity contribution in [1.82, 2.24) is 25.2 Å². The van der Waals surface area contributed by atoms with E-state index in [0.717, 1.165) is 0 Å². The van der Waals surface area contributed by atoms with Crippen LogP contribution < -0.4 is 10.1 Å². The van der Waals surface area contributed by atoms with Crippen molar-refractivity contribution in [1.29, 1.82) is 0 Å². The highest BCUT2D eigenvalue weighted by molar-refractivity contribution is 6.33. The molecule has 2 atom stereocenters. The number of benzene rings is 1. The number of carbonyl (C=O) groups excluding carboxylic acids is 2. The van der Waals surface area contributed by atoms with Crippen LogP contribution in [0, 0.1) is 0 Å². The molecule has 0 saturated heterocycles. The molecular weight excluding hydrogens is 481 g/mol. The third kappa shape index (κ3) is 4.68. The lowest BCUT2D eigenvalue weighted by Gasteiger charge is -2.26. The number of amides is 2. The second-order valence-electron chi connectivity index (χ2n) is 7.68. The van der Waals surface area contributed by atoms with E-state index in [0.29, 0.717) is 33.8 Å². The summed E-state index contributed by atoms with van der Waals surface area (Å²) >= 11 is 12.1. The third-order valence-corrected chi connectivity index (χ3v) is 6.07. The molecule has 34 heavy (non-hydrogen) atoms. The number of ether oxygens (including phenoxy) is 1. The van der Waals surface area contributed by atoms with Crippen molar-refractivity contribution in [3.63, 3.8) is 0 Å². The summed E-state index contributed by atoms with van der Waals surface area (Å²) in [6.45, 7) is 1.48. The van der Waals surface area contributed by atoms with E-state index in [4.69, 9.17) is 27.9 Å². The average molecular weight is 502 g/mol. The first-order valence-corrected chi connectivity index (χ1v) is 11.1. The SMILES string of the molecule is COc1cccc([C@@H](CO)NC(=O)[C@@H](C)N2Cc3ncc(-c4nc(Cl)ncc4Cl)cc3C2=O)c1. The molecule has 2 amide bonds. The Balaban J connectivity index is 1.52. The molecule has 11 heteroatoms. The molecule has 2 aromatic heterocycles. The van der Waals surface area contributed by atoms with Gasteiger partial charge in [-0.1, -0.05) is 23.7 Å². The molecule has 1 aromatic carbocycles. The summed E-state index contributed by atoms with van der Waals surface area (Å²) in [5.41, 5.74) is 2.45. The fourth-order valence-corrected chi connectivity index (χ4v) is 4.04. The maximum atomic E-state index is 13.1. The monoisotopic (exact) mass is 501 g/mol. The van der Waals surface area contributed by atoms with Crippen LogP contribution in [0.2, 0.25) is 10.3 Å². The van der Waals surface area contributed by atoms with E-state index in [1.165, 1.54) is 18.2 Å². The van der Waals surface area contributed by atoms with Gasteiger partial charge in [-0.2, -0.15) is 0 Å². The Labute approximate surface area is 205 Å². The number of nitrogens with one attached hydrogen (secondary N) is 1. The molecule has 0 aliphatic carbocycles. The largest absolute Gasteiger partial charge is 0.497 e. The van der Waals surface area contributed by atoms with Gasteiger partial charge in [0, 0.05) is 11.8 Å². The number of aromatic nitrogens is 3. The minimum Gasteiger partial charge on any atom is -0.497 e. The zero-order valence-electron chi connectivity index (χ0n) is 18.3. The summed E-state index contributed by atoms with van der Waals surface area (Å²) in [4.78, 5) is 39.9. The number of aliphatic hydroxyl groups is 1. The van der Waals surface area contributed by atoms with Gasteiger partial charge < -0.3 is 20.1 Å². The van der Waals surface area contributed by atoms with Crippen LogP contribution in [0.4, 0.5) is 0 Å². The number of halogens is 2. The molecule has 3 aromatic rings. The number of pyridine rings is 1. The highest BCUT2D eigenvalue weighted by atomic mass is 35.5. The first kappa shape index (κ1) is 23.9. The Morgan fingerprint density at radius 3 is 2.79 bits per heavy atom. The van der Waals surface area contributed by atoms with Gasteiger partial charge in [-0.05, 0) is 42.3 Å². The number of hydrogen-bond acceptors (Lipinski definition) is 7. The second kappa shape index (κ2) is 9.92. The van der Waals surface area contributed by atoms with Crippen molar-refractivity contribution in [2.45, 2.75) is 25.6 Å². The summed E-state index contributed by atoms with van der Waals surface area (Å²) in [5, 5.41) is 12.9. The predicted molar refractivity (Wildman–Crippen MR) is 126 cm³/mol. The Bertz CT molecular complexity index is 1260. The lowest BCUT2D eigenvalue weighted by atomic mass is 10.1. The molecular formula is C23H21Cl2N5O4. The maximum Gasteiger partial charge on any atom is 0.256 e. The van der Waals surface area contributed by atoms with Crippen LogP contribution >= 0.6 is 23.2 Å². The van der Waals surface area contributed by atoms with Gasteiger partial charge in [0.05, 0.1) is 54.5 Å². The second-order valence-corrected chi connectivity index (χ2v) is 8.43. The van der Waals surface area contributed by atoms with Crippen molar-refractivity contribution in [2.24, 2.45) is 0 Å². The predicted octanol–water partition coefficient (Wildman–Crippen LogP) is 3.05. The minimum absolute atomic E-state index is 0.0209. The van der Waals surface area contributed by atoms with Gasteiger partial charge in [-0.3, -0.25) is 14.6 Å². The van der Waals surface area contributed by atoms with Crippen LogP contribution in [-0.2, 0) is 11.3 Å². The molecule has 0 radical (unpaired) electrons. The van der Waals surface area contributed by atoms with Crippen molar-refractivity contribution < 1.29 is 19.4 Å². The number of nitrogens with zero attached hydrogens (tertiary/aromatic N) is 4. The lowest BCUT2D eigenvalue weighted by molar-refractivity contribution is -0.126. The minimum atomic E-state index is -0.804. The van der Waals surface area contributed by atoms with Crippen molar-refractivity contribution in [2.75, 3.05) is 13.7 Å². The van der Waals surface area contributed by atoms with Crippen molar-refractivity contribution in [3.05, 3.63) is 69.9 Å². The molecule has 0 unspecified atom stereocenters. The van der Waals surface area contributed by atoms with E-state index in [9.17, 15) is 14.7 Å². The van der Waals surface area contributed by atoms with Crippen LogP contribution in [0.3, 0.4) is 0 Å². The zero-order chi connectivity index (χ0) is 24.4. The summed E-state index contributed by atoms with van der Waals surface area (Å²) in [6.07, 6.45) is 2.93. The molecule has 0 bridgehead atoms. The van der Waals surface area contributed by atoms with Crippen LogP contribution in [0.1, 0.15) is 34.6 Å². The summed E-state index contributed by atoms with van der Waals surface area (Å²) in [6, 6.07) is 7.23. The molecule has 0 fully saturated rings. The van der Waals surface area contributed by atoms with Crippen molar-refractivity contribution >= 4 is 35.0 Å². The topological polar surface area (TPSA) is 118 Å². The molecule has 176 valence electrons. The Kier molecular flexibility index (Phi) is 6.97. The van der Waals surface area contributed by atoms with Gasteiger partial charge in [0.25, 0.3) is 5.91 Å². The average Bonchev–Trinajstić information content (AvgIpc) is 3.19. The first-order valence-electron chi connectivity index (χ1n) is 10.4. The van der Waals surface area contributed by atoms with E-state index in [2.05, 4.69) is 20.3 Å². The summed E-state index contributed by atoms with van der Waals surface area (Å²) < 4.78 is 5.21. The van der Waals surface area contributed by atoms with Crippen LogP contribution in [-0.4, -0.2) is 56.5 Å². The number of aliphatic hydroxyl groups excluding tert-OH is 1. The number of rotatable bonds is 7. The van der Waals surface area contributed by atoms with E-state index in [-0.39, 0.29) is 29.4 Å². The first-order chi connectivity index (χ1) is 16.3. The standard InChI is InChI=1S/C23H21Cl2N5O4/c1-12(21(32)28-19(11-31)13-4-3-5-15(6-13)34-2)30-10-18-16(22(30)33)7-14(8-26-18)20-17(24)9-27-23(25)29-20/h3-9,12,19,31H,10-11H2,1-2H3,(H,28,32)/t12-,19-/m1/s1. The fraction of sp³-hybridized carbons (Fsp3) is 0.261.